The Bertz CT molecular complexity index is 1050. The third kappa shape index (κ3) is 7.44. The first-order valence-corrected chi connectivity index (χ1v) is 13.8. The van der Waals surface area contributed by atoms with Crippen molar-refractivity contribution in [1.29, 1.82) is 0 Å². The van der Waals surface area contributed by atoms with Crippen LogP contribution < -0.4 is 4.90 Å². The van der Waals surface area contributed by atoms with E-state index in [2.05, 4.69) is 44.1 Å². The van der Waals surface area contributed by atoms with Gasteiger partial charge in [-0.15, -0.1) is 0 Å². The van der Waals surface area contributed by atoms with Gasteiger partial charge in [-0.25, -0.2) is 9.97 Å². The van der Waals surface area contributed by atoms with Crippen LogP contribution >= 0.6 is 23.4 Å². The van der Waals surface area contributed by atoms with Gasteiger partial charge in [0, 0.05) is 71.4 Å². The van der Waals surface area contributed by atoms with Crippen LogP contribution in [0.25, 0.3) is 6.08 Å². The fourth-order valence-corrected chi connectivity index (χ4v) is 5.30. The second-order valence-corrected chi connectivity index (χ2v) is 10.2. The van der Waals surface area contributed by atoms with E-state index in [1.807, 2.05) is 34.9 Å². The number of piperazine rings is 2. The maximum absolute atomic E-state index is 12.8. The highest BCUT2D eigenvalue weighted by Crippen LogP contribution is 2.23. The summed E-state index contributed by atoms with van der Waals surface area (Å²) in [5.74, 6) is 1.29. The molecule has 3 heterocycles. The van der Waals surface area contributed by atoms with E-state index in [1.165, 1.54) is 17.3 Å². The summed E-state index contributed by atoms with van der Waals surface area (Å²) in [5, 5.41) is 0.863. The Balaban J connectivity index is 1.22. The average Bonchev–Trinajstić information content (AvgIpc) is 2.92. The Kier molecular flexibility index (Phi) is 9.60. The maximum Gasteiger partial charge on any atom is 0.233 e. The molecule has 2 aliphatic rings. The number of aromatic nitrogens is 2. The summed E-state index contributed by atoms with van der Waals surface area (Å²) in [7, 11) is 0. The van der Waals surface area contributed by atoms with Crippen molar-refractivity contribution in [3.05, 3.63) is 53.2 Å². The number of carbonyl (C=O) groups excluding carboxylic acids is 2. The molecule has 1 aromatic carbocycles. The summed E-state index contributed by atoms with van der Waals surface area (Å²) in [4.78, 5) is 42.0. The van der Waals surface area contributed by atoms with Crippen molar-refractivity contribution >= 4 is 47.1 Å². The number of nitrogens with zero attached hydrogens (tertiary/aromatic N) is 6. The molecule has 0 saturated carbocycles. The second kappa shape index (κ2) is 13.1. The number of rotatable bonds is 8. The lowest BCUT2D eigenvalue weighted by Gasteiger charge is -2.35. The van der Waals surface area contributed by atoms with Crippen molar-refractivity contribution in [3.8, 4) is 0 Å². The molecule has 2 aliphatic heterocycles. The Morgan fingerprint density at radius 3 is 2.31 bits per heavy atom. The minimum atomic E-state index is 0.0938. The van der Waals surface area contributed by atoms with Gasteiger partial charge in [-0.2, -0.15) is 0 Å². The third-order valence-corrected chi connectivity index (χ3v) is 7.47. The van der Waals surface area contributed by atoms with Crippen molar-refractivity contribution in [2.24, 2.45) is 0 Å². The minimum absolute atomic E-state index is 0.0938. The summed E-state index contributed by atoms with van der Waals surface area (Å²) in [6.45, 7) is 8.67. The molecule has 2 aromatic rings. The van der Waals surface area contributed by atoms with Crippen LogP contribution in [0.15, 0.2) is 47.6 Å². The van der Waals surface area contributed by atoms with Crippen molar-refractivity contribution in [1.82, 2.24) is 24.7 Å². The van der Waals surface area contributed by atoms with Crippen LogP contribution in [0.1, 0.15) is 18.9 Å². The predicted octanol–water partition coefficient (Wildman–Crippen LogP) is 3.14. The predicted molar refractivity (Wildman–Crippen MR) is 145 cm³/mol. The first-order chi connectivity index (χ1) is 17.5. The molecule has 2 saturated heterocycles. The number of hydrogen-bond donors (Lipinski definition) is 0. The van der Waals surface area contributed by atoms with Gasteiger partial charge in [0.05, 0.1) is 5.75 Å². The van der Waals surface area contributed by atoms with Crippen LogP contribution in [0.3, 0.4) is 0 Å². The van der Waals surface area contributed by atoms with E-state index in [0.717, 1.165) is 38.5 Å². The lowest BCUT2D eigenvalue weighted by Crippen LogP contribution is -2.49. The minimum Gasteiger partial charge on any atom is -0.353 e. The van der Waals surface area contributed by atoms with Crippen LogP contribution in [0.2, 0.25) is 5.15 Å². The first-order valence-electron chi connectivity index (χ1n) is 12.4. The van der Waals surface area contributed by atoms with Gasteiger partial charge in [0.15, 0.2) is 5.16 Å². The molecule has 0 bridgehead atoms. The molecular formula is C26H33ClN6O2S. The van der Waals surface area contributed by atoms with Crippen molar-refractivity contribution in [3.63, 3.8) is 0 Å². The number of amides is 2. The molecule has 0 aliphatic carbocycles. The van der Waals surface area contributed by atoms with Crippen LogP contribution in [-0.4, -0.2) is 101 Å². The Hall–Kier alpha value is -2.62. The van der Waals surface area contributed by atoms with Crippen LogP contribution in [0.5, 0.6) is 0 Å². The summed E-state index contributed by atoms with van der Waals surface area (Å²) in [6, 6.07) is 12.0. The number of carbonyl (C=O) groups is 2. The molecule has 8 nitrogen and oxygen atoms in total. The molecule has 2 amide bonds. The van der Waals surface area contributed by atoms with Crippen LogP contribution in [0.4, 0.5) is 5.82 Å². The molecule has 1 aromatic heterocycles. The second-order valence-electron chi connectivity index (χ2n) is 8.84. The van der Waals surface area contributed by atoms with E-state index in [-0.39, 0.29) is 17.6 Å². The maximum atomic E-state index is 12.8. The van der Waals surface area contributed by atoms with Crippen LogP contribution in [0, 0.1) is 0 Å². The fraction of sp³-hybridized carbons (Fsp3) is 0.462. The van der Waals surface area contributed by atoms with E-state index < -0.39 is 0 Å². The first kappa shape index (κ1) is 26.4. The molecule has 2 fully saturated rings. The average molecular weight is 529 g/mol. The van der Waals surface area contributed by atoms with Gasteiger partial charge in [0.2, 0.25) is 11.8 Å². The monoisotopic (exact) mass is 528 g/mol. The van der Waals surface area contributed by atoms with Crippen molar-refractivity contribution in [2.45, 2.75) is 18.5 Å². The molecule has 4 rings (SSSR count). The van der Waals surface area contributed by atoms with Gasteiger partial charge in [-0.3, -0.25) is 14.5 Å². The highest BCUT2D eigenvalue weighted by molar-refractivity contribution is 7.99. The molecule has 0 unspecified atom stereocenters. The van der Waals surface area contributed by atoms with Crippen molar-refractivity contribution in [2.75, 3.05) is 69.6 Å². The molecule has 36 heavy (non-hydrogen) atoms. The summed E-state index contributed by atoms with van der Waals surface area (Å²) in [6.07, 6.45) is 4.84. The molecule has 0 radical (unpaired) electrons. The topological polar surface area (TPSA) is 72.9 Å². The number of thioether (sulfide) groups is 1. The Morgan fingerprint density at radius 1 is 0.944 bits per heavy atom. The molecule has 192 valence electrons. The van der Waals surface area contributed by atoms with E-state index >= 15 is 0 Å². The summed E-state index contributed by atoms with van der Waals surface area (Å²) < 4.78 is 0. The van der Waals surface area contributed by atoms with Gasteiger partial charge in [0.25, 0.3) is 0 Å². The van der Waals surface area contributed by atoms with Crippen molar-refractivity contribution < 1.29 is 9.59 Å². The van der Waals surface area contributed by atoms with Gasteiger partial charge >= 0.3 is 0 Å². The lowest BCUT2D eigenvalue weighted by molar-refractivity contribution is -0.131. The van der Waals surface area contributed by atoms with Gasteiger partial charge in [-0.1, -0.05) is 72.8 Å². The summed E-state index contributed by atoms with van der Waals surface area (Å²) >= 11 is 7.59. The van der Waals surface area contributed by atoms with E-state index in [9.17, 15) is 9.59 Å². The molecule has 10 heteroatoms. The highest BCUT2D eigenvalue weighted by Gasteiger charge is 2.23. The fourth-order valence-electron chi connectivity index (χ4n) is 4.32. The highest BCUT2D eigenvalue weighted by atomic mass is 35.5. The van der Waals surface area contributed by atoms with Gasteiger partial charge in [-0.05, 0) is 5.56 Å². The van der Waals surface area contributed by atoms with Crippen LogP contribution in [-0.2, 0) is 9.59 Å². The lowest BCUT2D eigenvalue weighted by atomic mass is 10.2. The number of hydrogen-bond acceptors (Lipinski definition) is 7. The van der Waals surface area contributed by atoms with E-state index in [1.54, 1.807) is 6.07 Å². The molecule has 0 atom stereocenters. The zero-order chi connectivity index (χ0) is 25.3. The normalized spacial score (nSPS) is 17.1. The van der Waals surface area contributed by atoms with E-state index in [0.29, 0.717) is 42.9 Å². The third-order valence-electron chi connectivity index (χ3n) is 6.44. The van der Waals surface area contributed by atoms with Gasteiger partial charge in [0.1, 0.15) is 11.0 Å². The smallest absolute Gasteiger partial charge is 0.233 e. The Morgan fingerprint density at radius 2 is 1.61 bits per heavy atom. The molecule has 0 spiro atoms. The quantitative estimate of drug-likeness (QED) is 0.296. The zero-order valence-corrected chi connectivity index (χ0v) is 22.3. The Labute approximate surface area is 222 Å². The number of benzene rings is 1. The standard InChI is InChI=1S/C26H33ClN6O2S/c1-2-24(34)32-17-15-31(16-18-32)23-19-22(27)28-26(29-23)36-20-25(35)33-13-11-30(12-14-33)10-6-9-21-7-4-3-5-8-21/h3-9,19H,2,10-18,20H2,1H3/b9-6+. The largest absolute Gasteiger partial charge is 0.353 e. The SMILES string of the molecule is CCC(=O)N1CCN(c2cc(Cl)nc(SCC(=O)N3CCN(C/C=C/c4ccccc4)CC3)n2)CC1. The summed E-state index contributed by atoms with van der Waals surface area (Å²) in [5.41, 5.74) is 1.20. The van der Waals surface area contributed by atoms with E-state index in [4.69, 9.17) is 11.6 Å². The molecular weight excluding hydrogens is 496 g/mol. The number of halogens is 1. The zero-order valence-electron chi connectivity index (χ0n) is 20.7. The molecule has 0 N–H and O–H groups in total. The van der Waals surface area contributed by atoms with Gasteiger partial charge < -0.3 is 14.7 Å². The number of anilines is 1.